The van der Waals surface area contributed by atoms with Gasteiger partial charge in [-0.05, 0) is 18.6 Å². The average molecular weight is 299 g/mol. The van der Waals surface area contributed by atoms with E-state index in [4.69, 9.17) is 0 Å². The van der Waals surface area contributed by atoms with E-state index in [0.717, 1.165) is 0 Å². The van der Waals surface area contributed by atoms with Crippen LogP contribution in [0.15, 0.2) is 48.5 Å². The maximum Gasteiger partial charge on any atom is 0.224 e. The van der Waals surface area contributed by atoms with Crippen LogP contribution in [0, 0.1) is 0 Å². The van der Waals surface area contributed by atoms with E-state index in [1.165, 1.54) is 18.2 Å². The summed E-state index contributed by atoms with van der Waals surface area (Å²) in [5.41, 5.74) is 0.614. The number of hydrogen-bond donors (Lipinski definition) is 3. The summed E-state index contributed by atoms with van der Waals surface area (Å²) in [5.74, 6) is -0.779. The van der Waals surface area contributed by atoms with Gasteiger partial charge in [0.25, 0.3) is 0 Å². The molecule has 0 bridgehead atoms. The van der Waals surface area contributed by atoms with Gasteiger partial charge < -0.3 is 15.5 Å². The predicted molar refractivity (Wildman–Crippen MR) is 83.0 cm³/mol. The van der Waals surface area contributed by atoms with Crippen molar-refractivity contribution in [2.45, 2.75) is 19.3 Å². The molecule has 5 heteroatoms. The first-order chi connectivity index (χ1) is 10.6. The van der Waals surface area contributed by atoms with E-state index >= 15 is 0 Å². The van der Waals surface area contributed by atoms with Crippen LogP contribution >= 0.6 is 0 Å². The summed E-state index contributed by atoms with van der Waals surface area (Å²) >= 11 is 0. The maximum absolute atomic E-state index is 11.9. The molecule has 0 unspecified atom stereocenters. The Hall–Kier alpha value is -2.82. The molecule has 22 heavy (non-hydrogen) atoms. The van der Waals surface area contributed by atoms with Gasteiger partial charge in [-0.3, -0.25) is 9.59 Å². The number of aromatic hydroxyl groups is 2. The normalized spacial score (nSPS) is 10.2. The third kappa shape index (κ3) is 4.09. The Balaban J connectivity index is 1.82. The Morgan fingerprint density at radius 3 is 2.14 bits per heavy atom. The lowest BCUT2D eigenvalue weighted by molar-refractivity contribution is -0.116. The van der Waals surface area contributed by atoms with E-state index in [9.17, 15) is 19.8 Å². The number of anilines is 1. The van der Waals surface area contributed by atoms with Gasteiger partial charge in [-0.15, -0.1) is 0 Å². The number of carbonyl (C=O) groups is 2. The lowest BCUT2D eigenvalue weighted by Crippen LogP contribution is -2.12. The molecule has 2 aromatic carbocycles. The van der Waals surface area contributed by atoms with Crippen molar-refractivity contribution in [2.24, 2.45) is 0 Å². The van der Waals surface area contributed by atoms with Crippen molar-refractivity contribution >= 4 is 17.4 Å². The SMILES string of the molecule is O=C(CCCC(=O)c1ccccc1)Nc1c(O)cccc1O. The highest BCUT2D eigenvalue weighted by Crippen LogP contribution is 2.32. The first kappa shape index (κ1) is 15.6. The molecule has 0 saturated heterocycles. The predicted octanol–water partition coefficient (Wildman–Crippen LogP) is 3.09. The van der Waals surface area contributed by atoms with E-state index in [0.29, 0.717) is 12.0 Å². The minimum absolute atomic E-state index is 0.0121. The molecule has 0 aliphatic rings. The molecule has 114 valence electrons. The highest BCUT2D eigenvalue weighted by molar-refractivity contribution is 5.97. The molecule has 2 aromatic rings. The number of phenolic OH excluding ortho intramolecular Hbond substituents is 2. The number of phenols is 2. The summed E-state index contributed by atoms with van der Waals surface area (Å²) in [6.45, 7) is 0. The van der Waals surface area contributed by atoms with E-state index in [2.05, 4.69) is 5.32 Å². The van der Waals surface area contributed by atoms with Crippen LogP contribution in [0.2, 0.25) is 0 Å². The Labute approximate surface area is 128 Å². The summed E-state index contributed by atoms with van der Waals surface area (Å²) in [7, 11) is 0. The Bertz CT molecular complexity index is 647. The molecule has 0 spiro atoms. The number of Topliss-reactive ketones (excluding diaryl/α,β-unsaturated/α-hetero) is 1. The highest BCUT2D eigenvalue weighted by Gasteiger charge is 2.11. The number of para-hydroxylation sites is 1. The zero-order chi connectivity index (χ0) is 15.9. The minimum Gasteiger partial charge on any atom is -0.506 e. The molecular weight excluding hydrogens is 282 g/mol. The quantitative estimate of drug-likeness (QED) is 0.565. The maximum atomic E-state index is 11.9. The summed E-state index contributed by atoms with van der Waals surface area (Å²) in [6, 6.07) is 13.1. The van der Waals surface area contributed by atoms with Gasteiger partial charge in [0.2, 0.25) is 5.91 Å². The highest BCUT2D eigenvalue weighted by atomic mass is 16.3. The second-order valence-corrected chi connectivity index (χ2v) is 4.86. The Morgan fingerprint density at radius 1 is 0.864 bits per heavy atom. The third-order valence-corrected chi connectivity index (χ3v) is 3.19. The van der Waals surface area contributed by atoms with E-state index in [1.54, 1.807) is 24.3 Å². The molecule has 1 amide bonds. The van der Waals surface area contributed by atoms with Crippen LogP contribution in [0.5, 0.6) is 11.5 Å². The molecule has 0 aromatic heterocycles. The second-order valence-electron chi connectivity index (χ2n) is 4.86. The van der Waals surface area contributed by atoms with Crippen LogP contribution < -0.4 is 5.32 Å². The van der Waals surface area contributed by atoms with Crippen molar-refractivity contribution in [1.82, 2.24) is 0 Å². The fraction of sp³-hybridized carbons (Fsp3) is 0.176. The van der Waals surface area contributed by atoms with Crippen LogP contribution in [0.1, 0.15) is 29.6 Å². The van der Waals surface area contributed by atoms with Gasteiger partial charge in [-0.1, -0.05) is 36.4 Å². The molecule has 0 fully saturated rings. The molecular formula is C17H17NO4. The molecule has 0 saturated carbocycles. The monoisotopic (exact) mass is 299 g/mol. The molecule has 0 atom stereocenters. The van der Waals surface area contributed by atoms with Crippen LogP contribution in [0.25, 0.3) is 0 Å². The number of nitrogens with one attached hydrogen (secondary N) is 1. The fourth-order valence-electron chi connectivity index (χ4n) is 2.04. The smallest absolute Gasteiger partial charge is 0.224 e. The van der Waals surface area contributed by atoms with Crippen LogP contribution in [-0.2, 0) is 4.79 Å². The number of amides is 1. The Morgan fingerprint density at radius 2 is 1.50 bits per heavy atom. The number of carbonyl (C=O) groups excluding carboxylic acids is 2. The second kappa shape index (κ2) is 7.26. The zero-order valence-electron chi connectivity index (χ0n) is 12.0. The van der Waals surface area contributed by atoms with Gasteiger partial charge in [0.05, 0.1) is 0 Å². The largest absolute Gasteiger partial charge is 0.506 e. The number of rotatable bonds is 6. The lowest BCUT2D eigenvalue weighted by Gasteiger charge is -2.08. The summed E-state index contributed by atoms with van der Waals surface area (Å²) in [6.07, 6.45) is 0.796. The zero-order valence-corrected chi connectivity index (χ0v) is 12.0. The summed E-state index contributed by atoms with van der Waals surface area (Å²) in [4.78, 5) is 23.7. The topological polar surface area (TPSA) is 86.6 Å². The molecule has 0 aliphatic heterocycles. The van der Waals surface area contributed by atoms with E-state index in [-0.39, 0.29) is 41.7 Å². The molecule has 3 N–H and O–H groups in total. The van der Waals surface area contributed by atoms with E-state index < -0.39 is 0 Å². The summed E-state index contributed by atoms with van der Waals surface area (Å²) < 4.78 is 0. The molecule has 0 aliphatic carbocycles. The van der Waals surface area contributed by atoms with Crippen molar-refractivity contribution in [3.63, 3.8) is 0 Å². The van der Waals surface area contributed by atoms with Crippen LogP contribution in [0.4, 0.5) is 5.69 Å². The van der Waals surface area contributed by atoms with Gasteiger partial charge in [0, 0.05) is 18.4 Å². The number of benzene rings is 2. The van der Waals surface area contributed by atoms with Crippen molar-refractivity contribution in [3.05, 3.63) is 54.1 Å². The van der Waals surface area contributed by atoms with Crippen molar-refractivity contribution in [3.8, 4) is 11.5 Å². The van der Waals surface area contributed by atoms with Crippen molar-refractivity contribution in [2.75, 3.05) is 5.32 Å². The first-order valence-electron chi connectivity index (χ1n) is 6.97. The number of ketones is 1. The summed E-state index contributed by atoms with van der Waals surface area (Å²) in [5, 5.41) is 21.6. The average Bonchev–Trinajstić information content (AvgIpc) is 2.52. The fourth-order valence-corrected chi connectivity index (χ4v) is 2.04. The molecule has 0 heterocycles. The van der Waals surface area contributed by atoms with E-state index in [1.807, 2.05) is 6.07 Å². The van der Waals surface area contributed by atoms with Gasteiger partial charge in [-0.25, -0.2) is 0 Å². The lowest BCUT2D eigenvalue weighted by atomic mass is 10.1. The van der Waals surface area contributed by atoms with Crippen molar-refractivity contribution < 1.29 is 19.8 Å². The first-order valence-corrected chi connectivity index (χ1v) is 6.97. The molecule has 2 rings (SSSR count). The Kier molecular flexibility index (Phi) is 5.14. The van der Waals surface area contributed by atoms with Gasteiger partial charge in [0.1, 0.15) is 17.2 Å². The van der Waals surface area contributed by atoms with Crippen LogP contribution in [0.3, 0.4) is 0 Å². The number of hydrogen-bond acceptors (Lipinski definition) is 4. The van der Waals surface area contributed by atoms with Gasteiger partial charge >= 0.3 is 0 Å². The molecule has 5 nitrogen and oxygen atoms in total. The third-order valence-electron chi connectivity index (χ3n) is 3.19. The van der Waals surface area contributed by atoms with Crippen LogP contribution in [-0.4, -0.2) is 21.9 Å². The minimum atomic E-state index is -0.363. The standard InChI is InChI=1S/C17H17NO4/c19-13(12-6-2-1-3-7-12)8-5-11-16(22)18-17-14(20)9-4-10-15(17)21/h1-4,6-7,9-10,20-21H,5,8,11H2,(H,18,22). The molecule has 0 radical (unpaired) electrons. The van der Waals surface area contributed by atoms with Gasteiger partial charge in [-0.2, -0.15) is 0 Å². The van der Waals surface area contributed by atoms with Gasteiger partial charge in [0.15, 0.2) is 5.78 Å². The van der Waals surface area contributed by atoms with Crippen molar-refractivity contribution in [1.29, 1.82) is 0 Å².